The Kier molecular flexibility index (Phi) is 5.37. The Morgan fingerprint density at radius 3 is 2.29 bits per heavy atom. The number of amides is 1. The lowest BCUT2D eigenvalue weighted by Crippen LogP contribution is -2.54. The largest absolute Gasteiger partial charge is 0.480 e. The minimum absolute atomic E-state index is 0.0319. The van der Waals surface area contributed by atoms with Gasteiger partial charge in [0.1, 0.15) is 12.6 Å². The zero-order valence-corrected chi connectivity index (χ0v) is 10.4. The number of nitrogens with zero attached hydrogens (tertiary/aromatic N) is 2. The van der Waals surface area contributed by atoms with E-state index in [2.05, 4.69) is 0 Å². The van der Waals surface area contributed by atoms with Crippen molar-refractivity contribution < 1.29 is 19.4 Å². The molecule has 1 amide bonds. The highest BCUT2D eigenvalue weighted by Crippen LogP contribution is 2.09. The van der Waals surface area contributed by atoms with Crippen LogP contribution in [0.25, 0.3) is 0 Å². The van der Waals surface area contributed by atoms with Gasteiger partial charge in [-0.3, -0.25) is 14.5 Å². The molecule has 1 aliphatic heterocycles. The van der Waals surface area contributed by atoms with Gasteiger partial charge < -0.3 is 14.7 Å². The molecule has 1 atom stereocenters. The Labute approximate surface area is 101 Å². The van der Waals surface area contributed by atoms with Crippen molar-refractivity contribution in [1.82, 2.24) is 9.80 Å². The molecule has 1 heterocycles. The van der Waals surface area contributed by atoms with Crippen molar-refractivity contribution in [3.63, 3.8) is 0 Å². The lowest BCUT2D eigenvalue weighted by Gasteiger charge is -2.37. The van der Waals surface area contributed by atoms with Gasteiger partial charge in [-0.25, -0.2) is 0 Å². The maximum absolute atomic E-state index is 11.5. The van der Waals surface area contributed by atoms with Crippen LogP contribution in [0, 0.1) is 0 Å². The number of hydrogen-bond acceptors (Lipinski definition) is 4. The first-order valence-corrected chi connectivity index (χ1v) is 5.83. The van der Waals surface area contributed by atoms with E-state index in [1.54, 1.807) is 4.90 Å². The number of methoxy groups -OCH3 is 1. The molecule has 98 valence electrons. The quantitative estimate of drug-likeness (QED) is 0.715. The van der Waals surface area contributed by atoms with E-state index in [0.29, 0.717) is 32.6 Å². The average Bonchev–Trinajstić information content (AvgIpc) is 2.30. The molecule has 1 N–H and O–H groups in total. The number of carbonyl (C=O) groups is 2. The topological polar surface area (TPSA) is 70.1 Å². The zero-order chi connectivity index (χ0) is 12.8. The van der Waals surface area contributed by atoms with Crippen molar-refractivity contribution >= 4 is 11.9 Å². The summed E-state index contributed by atoms with van der Waals surface area (Å²) in [5.41, 5.74) is 0. The van der Waals surface area contributed by atoms with Gasteiger partial charge in [-0.2, -0.15) is 0 Å². The molecule has 0 aromatic carbocycles. The van der Waals surface area contributed by atoms with Gasteiger partial charge in [-0.1, -0.05) is 6.92 Å². The Bertz CT molecular complexity index is 275. The predicted octanol–water partition coefficient (Wildman–Crippen LogP) is -0.360. The van der Waals surface area contributed by atoms with E-state index in [-0.39, 0.29) is 12.5 Å². The predicted molar refractivity (Wildman–Crippen MR) is 61.7 cm³/mol. The molecule has 0 saturated carbocycles. The number of piperazine rings is 1. The number of ether oxygens (including phenoxy) is 1. The number of carboxylic acid groups (broad SMARTS) is 1. The summed E-state index contributed by atoms with van der Waals surface area (Å²) in [5.74, 6) is -0.820. The van der Waals surface area contributed by atoms with Gasteiger partial charge in [0, 0.05) is 33.3 Å². The third kappa shape index (κ3) is 3.67. The van der Waals surface area contributed by atoms with Gasteiger partial charge in [0.15, 0.2) is 0 Å². The summed E-state index contributed by atoms with van der Waals surface area (Å²) in [6, 6.07) is -0.435. The Morgan fingerprint density at radius 2 is 1.88 bits per heavy atom. The van der Waals surface area contributed by atoms with E-state index in [4.69, 9.17) is 9.84 Å². The molecular formula is C11H20N2O4. The fourth-order valence-electron chi connectivity index (χ4n) is 2.09. The molecule has 1 rings (SSSR count). The first-order valence-electron chi connectivity index (χ1n) is 5.83. The molecule has 0 aromatic rings. The molecule has 0 radical (unpaired) electrons. The summed E-state index contributed by atoms with van der Waals surface area (Å²) < 4.78 is 4.79. The standard InChI is InChI=1S/C11H20N2O4/c1-3-9(11(15)16)12-4-6-13(7-5-12)10(14)8-17-2/h9H,3-8H2,1-2H3,(H,15,16). The van der Waals surface area contributed by atoms with Crippen molar-refractivity contribution in [2.75, 3.05) is 39.9 Å². The summed E-state index contributed by atoms with van der Waals surface area (Å²) in [4.78, 5) is 26.2. The molecule has 0 bridgehead atoms. The fourth-order valence-corrected chi connectivity index (χ4v) is 2.09. The molecular weight excluding hydrogens is 224 g/mol. The van der Waals surface area contributed by atoms with Crippen molar-refractivity contribution in [3.8, 4) is 0 Å². The summed E-state index contributed by atoms with van der Waals surface area (Å²) in [5, 5.41) is 9.04. The van der Waals surface area contributed by atoms with E-state index >= 15 is 0 Å². The molecule has 1 unspecified atom stereocenters. The molecule has 1 saturated heterocycles. The van der Waals surface area contributed by atoms with Gasteiger partial charge in [0.25, 0.3) is 0 Å². The third-order valence-corrected chi connectivity index (χ3v) is 3.05. The summed E-state index contributed by atoms with van der Waals surface area (Å²) >= 11 is 0. The highest BCUT2D eigenvalue weighted by atomic mass is 16.5. The first kappa shape index (κ1) is 13.9. The van der Waals surface area contributed by atoms with Crippen LogP contribution in [0.2, 0.25) is 0 Å². The molecule has 6 heteroatoms. The molecule has 0 spiro atoms. The second-order valence-corrected chi connectivity index (χ2v) is 4.11. The molecule has 1 aliphatic rings. The van der Waals surface area contributed by atoms with Crippen LogP contribution in [-0.2, 0) is 14.3 Å². The lowest BCUT2D eigenvalue weighted by atomic mass is 10.1. The van der Waals surface area contributed by atoms with Gasteiger partial charge in [-0.05, 0) is 6.42 Å². The summed E-state index contributed by atoms with van der Waals surface area (Å²) in [7, 11) is 1.49. The minimum Gasteiger partial charge on any atom is -0.480 e. The Balaban J connectivity index is 2.44. The second-order valence-electron chi connectivity index (χ2n) is 4.11. The number of carboxylic acids is 1. The first-order chi connectivity index (χ1) is 8.10. The molecule has 0 aromatic heterocycles. The van der Waals surface area contributed by atoms with Gasteiger partial charge >= 0.3 is 5.97 Å². The van der Waals surface area contributed by atoms with Crippen molar-refractivity contribution in [1.29, 1.82) is 0 Å². The maximum atomic E-state index is 11.5. The zero-order valence-electron chi connectivity index (χ0n) is 10.4. The highest BCUT2D eigenvalue weighted by Gasteiger charge is 2.28. The van der Waals surface area contributed by atoms with E-state index in [9.17, 15) is 9.59 Å². The van der Waals surface area contributed by atoms with E-state index in [1.807, 2.05) is 11.8 Å². The second kappa shape index (κ2) is 6.56. The minimum atomic E-state index is -0.788. The lowest BCUT2D eigenvalue weighted by molar-refractivity contribution is -0.145. The number of rotatable bonds is 5. The van der Waals surface area contributed by atoms with Crippen LogP contribution in [0.4, 0.5) is 0 Å². The SMILES string of the molecule is CCC(C(=O)O)N1CCN(C(=O)COC)CC1. The molecule has 6 nitrogen and oxygen atoms in total. The van der Waals surface area contributed by atoms with Crippen LogP contribution < -0.4 is 0 Å². The third-order valence-electron chi connectivity index (χ3n) is 3.05. The van der Waals surface area contributed by atoms with E-state index in [1.165, 1.54) is 7.11 Å². The summed E-state index contributed by atoms with van der Waals surface area (Å²) in [6.45, 7) is 4.33. The smallest absolute Gasteiger partial charge is 0.320 e. The number of carbonyl (C=O) groups excluding carboxylic acids is 1. The van der Waals surface area contributed by atoms with Crippen LogP contribution in [0.3, 0.4) is 0 Å². The Hall–Kier alpha value is -1.14. The normalized spacial score (nSPS) is 19.1. The van der Waals surface area contributed by atoms with Crippen LogP contribution >= 0.6 is 0 Å². The van der Waals surface area contributed by atoms with E-state index < -0.39 is 12.0 Å². The van der Waals surface area contributed by atoms with Crippen LogP contribution in [0.1, 0.15) is 13.3 Å². The molecule has 17 heavy (non-hydrogen) atoms. The highest BCUT2D eigenvalue weighted by molar-refractivity contribution is 5.77. The van der Waals surface area contributed by atoms with E-state index in [0.717, 1.165) is 0 Å². The monoisotopic (exact) mass is 244 g/mol. The van der Waals surface area contributed by atoms with Crippen LogP contribution in [0.15, 0.2) is 0 Å². The van der Waals surface area contributed by atoms with Crippen molar-refractivity contribution in [2.45, 2.75) is 19.4 Å². The maximum Gasteiger partial charge on any atom is 0.320 e. The van der Waals surface area contributed by atoms with Gasteiger partial charge in [0.2, 0.25) is 5.91 Å². The number of hydrogen-bond donors (Lipinski definition) is 1. The summed E-state index contributed by atoms with van der Waals surface area (Å²) in [6.07, 6.45) is 0.585. The van der Waals surface area contributed by atoms with Crippen molar-refractivity contribution in [2.24, 2.45) is 0 Å². The average molecular weight is 244 g/mol. The van der Waals surface area contributed by atoms with Crippen molar-refractivity contribution in [3.05, 3.63) is 0 Å². The van der Waals surface area contributed by atoms with Gasteiger partial charge in [0.05, 0.1) is 0 Å². The Morgan fingerprint density at radius 1 is 1.29 bits per heavy atom. The van der Waals surface area contributed by atoms with Crippen LogP contribution in [0.5, 0.6) is 0 Å². The van der Waals surface area contributed by atoms with Gasteiger partial charge in [-0.15, -0.1) is 0 Å². The molecule has 1 fully saturated rings. The van der Waals surface area contributed by atoms with Crippen LogP contribution in [-0.4, -0.2) is 72.7 Å². The number of aliphatic carboxylic acids is 1. The fraction of sp³-hybridized carbons (Fsp3) is 0.818. The molecule has 0 aliphatic carbocycles.